The Balaban J connectivity index is 2.15. The number of hydrogen-bond acceptors (Lipinski definition) is 3. The second-order valence-corrected chi connectivity index (χ2v) is 3.61. The fourth-order valence-electron chi connectivity index (χ4n) is 1.99. The van der Waals surface area contributed by atoms with Crippen molar-refractivity contribution in [2.24, 2.45) is 5.92 Å². The molecule has 2 aliphatic heterocycles. The summed E-state index contributed by atoms with van der Waals surface area (Å²) in [6.07, 6.45) is -1.47. The molecule has 3 atom stereocenters. The third kappa shape index (κ3) is 0.917. The zero-order valence-electron chi connectivity index (χ0n) is 7.00. The summed E-state index contributed by atoms with van der Waals surface area (Å²) in [5, 5.41) is 8.98. The molecule has 1 N–H and O–H groups in total. The molecule has 0 amide bonds. The lowest BCUT2D eigenvalue weighted by Crippen LogP contribution is -2.55. The van der Waals surface area contributed by atoms with Crippen molar-refractivity contribution in [3.63, 3.8) is 0 Å². The van der Waals surface area contributed by atoms with Gasteiger partial charge in [0.25, 0.3) is 0 Å². The van der Waals surface area contributed by atoms with Crippen LogP contribution in [0.15, 0.2) is 0 Å². The number of rotatable bonds is 1. The standard InChI is InChI=1S/C8H13FO3/c1-5-7(9)6(2-10)8(12-5)3-11-4-8/h5-7,10H,2-4H2,1H3. The Morgan fingerprint density at radius 3 is 2.58 bits per heavy atom. The van der Waals surface area contributed by atoms with Gasteiger partial charge in [0.05, 0.1) is 25.9 Å². The maximum atomic E-state index is 13.4. The molecule has 1 spiro atoms. The first kappa shape index (κ1) is 8.41. The molecule has 2 fully saturated rings. The van der Waals surface area contributed by atoms with Crippen molar-refractivity contribution < 1.29 is 19.0 Å². The molecule has 3 unspecified atom stereocenters. The minimum Gasteiger partial charge on any atom is -0.396 e. The lowest BCUT2D eigenvalue weighted by Gasteiger charge is -2.41. The smallest absolute Gasteiger partial charge is 0.134 e. The molecule has 70 valence electrons. The highest BCUT2D eigenvalue weighted by atomic mass is 19.1. The number of halogens is 1. The predicted molar refractivity (Wildman–Crippen MR) is 39.6 cm³/mol. The molecule has 0 aromatic rings. The second kappa shape index (κ2) is 2.65. The molecule has 12 heavy (non-hydrogen) atoms. The summed E-state index contributed by atoms with van der Waals surface area (Å²) in [5.41, 5.74) is -0.520. The topological polar surface area (TPSA) is 38.7 Å². The Morgan fingerprint density at radius 2 is 2.25 bits per heavy atom. The van der Waals surface area contributed by atoms with Gasteiger partial charge in [-0.2, -0.15) is 0 Å². The largest absolute Gasteiger partial charge is 0.396 e. The fraction of sp³-hybridized carbons (Fsp3) is 1.00. The van der Waals surface area contributed by atoms with Crippen molar-refractivity contribution in [1.82, 2.24) is 0 Å². The fourth-order valence-corrected chi connectivity index (χ4v) is 1.99. The van der Waals surface area contributed by atoms with E-state index in [-0.39, 0.29) is 6.61 Å². The Labute approximate surface area is 70.5 Å². The first-order valence-corrected chi connectivity index (χ1v) is 4.20. The van der Waals surface area contributed by atoms with Gasteiger partial charge >= 0.3 is 0 Å². The van der Waals surface area contributed by atoms with Crippen LogP contribution in [-0.4, -0.2) is 42.8 Å². The molecule has 0 aromatic carbocycles. The number of aliphatic hydroxyl groups is 1. The van der Waals surface area contributed by atoms with Crippen molar-refractivity contribution in [3.8, 4) is 0 Å². The third-order valence-corrected chi connectivity index (χ3v) is 2.82. The van der Waals surface area contributed by atoms with Gasteiger partial charge in [0.15, 0.2) is 0 Å². The molecule has 2 aliphatic rings. The molecular weight excluding hydrogens is 163 g/mol. The van der Waals surface area contributed by atoms with Crippen LogP contribution in [0.4, 0.5) is 4.39 Å². The van der Waals surface area contributed by atoms with Crippen LogP contribution in [0.25, 0.3) is 0 Å². The van der Waals surface area contributed by atoms with Gasteiger partial charge in [0.2, 0.25) is 0 Å². The van der Waals surface area contributed by atoms with Crippen molar-refractivity contribution in [2.75, 3.05) is 19.8 Å². The Kier molecular flexibility index (Phi) is 1.86. The SMILES string of the molecule is CC1OC2(COC2)C(CO)C1F. The van der Waals surface area contributed by atoms with Crippen LogP contribution in [0.2, 0.25) is 0 Å². The summed E-state index contributed by atoms with van der Waals surface area (Å²) >= 11 is 0. The summed E-state index contributed by atoms with van der Waals surface area (Å²) in [6.45, 7) is 2.38. The van der Waals surface area contributed by atoms with Crippen LogP contribution in [0.5, 0.6) is 0 Å². The summed E-state index contributed by atoms with van der Waals surface area (Å²) in [7, 11) is 0. The van der Waals surface area contributed by atoms with E-state index in [1.165, 1.54) is 0 Å². The number of ether oxygens (including phenoxy) is 2. The molecule has 2 heterocycles. The molecule has 2 rings (SSSR count). The van der Waals surface area contributed by atoms with Crippen LogP contribution in [0.3, 0.4) is 0 Å². The monoisotopic (exact) mass is 176 g/mol. The highest BCUT2D eigenvalue weighted by Gasteiger charge is 2.58. The maximum Gasteiger partial charge on any atom is 0.134 e. The molecule has 4 heteroatoms. The van der Waals surface area contributed by atoms with E-state index >= 15 is 0 Å². The van der Waals surface area contributed by atoms with Gasteiger partial charge in [-0.05, 0) is 6.92 Å². The summed E-state index contributed by atoms with van der Waals surface area (Å²) in [5.74, 6) is -0.402. The van der Waals surface area contributed by atoms with E-state index in [0.717, 1.165) is 0 Å². The summed E-state index contributed by atoms with van der Waals surface area (Å²) in [4.78, 5) is 0. The highest BCUT2D eigenvalue weighted by Crippen LogP contribution is 2.42. The average Bonchev–Trinajstić information content (AvgIpc) is 2.24. The van der Waals surface area contributed by atoms with Gasteiger partial charge in [-0.25, -0.2) is 4.39 Å². The maximum absolute atomic E-state index is 13.4. The zero-order chi connectivity index (χ0) is 8.77. The Morgan fingerprint density at radius 1 is 1.58 bits per heavy atom. The van der Waals surface area contributed by atoms with Crippen LogP contribution in [-0.2, 0) is 9.47 Å². The van der Waals surface area contributed by atoms with E-state index in [0.29, 0.717) is 13.2 Å². The molecule has 0 bridgehead atoms. The van der Waals surface area contributed by atoms with Crippen molar-refractivity contribution in [1.29, 1.82) is 0 Å². The van der Waals surface area contributed by atoms with E-state index in [4.69, 9.17) is 14.6 Å². The highest BCUT2D eigenvalue weighted by molar-refractivity contribution is 5.04. The van der Waals surface area contributed by atoms with Crippen molar-refractivity contribution >= 4 is 0 Å². The van der Waals surface area contributed by atoms with E-state index in [1.807, 2.05) is 0 Å². The minimum atomic E-state index is -1.06. The second-order valence-electron chi connectivity index (χ2n) is 3.61. The Bertz CT molecular complexity index is 181. The first-order chi connectivity index (χ1) is 5.69. The van der Waals surface area contributed by atoms with Gasteiger partial charge in [-0.3, -0.25) is 0 Å². The van der Waals surface area contributed by atoms with Crippen molar-refractivity contribution in [3.05, 3.63) is 0 Å². The Hall–Kier alpha value is -0.190. The lowest BCUT2D eigenvalue weighted by molar-refractivity contribution is -0.217. The summed E-state index contributed by atoms with van der Waals surface area (Å²) < 4.78 is 23.8. The van der Waals surface area contributed by atoms with Gasteiger partial charge in [0.1, 0.15) is 11.8 Å². The molecule has 0 aliphatic carbocycles. The molecule has 2 saturated heterocycles. The van der Waals surface area contributed by atoms with Gasteiger partial charge in [-0.1, -0.05) is 0 Å². The number of alkyl halides is 1. The van der Waals surface area contributed by atoms with Crippen molar-refractivity contribution in [2.45, 2.75) is 24.8 Å². The van der Waals surface area contributed by atoms with Crippen LogP contribution >= 0.6 is 0 Å². The molecule has 0 aromatic heterocycles. The quantitative estimate of drug-likeness (QED) is 0.616. The number of hydrogen-bond donors (Lipinski definition) is 1. The minimum absolute atomic E-state index is 0.158. The normalized spacial score (nSPS) is 44.8. The molecule has 0 radical (unpaired) electrons. The van der Waals surface area contributed by atoms with E-state index in [1.54, 1.807) is 6.92 Å². The molecule has 0 saturated carbocycles. The third-order valence-electron chi connectivity index (χ3n) is 2.82. The predicted octanol–water partition coefficient (Wildman–Crippen LogP) is 0.121. The van der Waals surface area contributed by atoms with E-state index < -0.39 is 23.8 Å². The number of aliphatic hydroxyl groups excluding tert-OH is 1. The average molecular weight is 176 g/mol. The van der Waals surface area contributed by atoms with Gasteiger partial charge < -0.3 is 14.6 Å². The van der Waals surface area contributed by atoms with Gasteiger partial charge in [-0.15, -0.1) is 0 Å². The zero-order valence-corrected chi connectivity index (χ0v) is 7.00. The lowest BCUT2D eigenvalue weighted by atomic mass is 9.85. The molecular formula is C8H13FO3. The van der Waals surface area contributed by atoms with Crippen LogP contribution in [0.1, 0.15) is 6.92 Å². The van der Waals surface area contributed by atoms with E-state index in [9.17, 15) is 4.39 Å². The summed E-state index contributed by atoms with van der Waals surface area (Å²) in [6, 6.07) is 0. The van der Waals surface area contributed by atoms with Crippen LogP contribution in [0, 0.1) is 5.92 Å². The molecule has 3 nitrogen and oxygen atoms in total. The first-order valence-electron chi connectivity index (χ1n) is 4.20. The van der Waals surface area contributed by atoms with Gasteiger partial charge in [0, 0.05) is 5.92 Å². The van der Waals surface area contributed by atoms with E-state index in [2.05, 4.69) is 0 Å². The van der Waals surface area contributed by atoms with Crippen LogP contribution < -0.4 is 0 Å².